The first-order valence-electron chi connectivity index (χ1n) is 42.8. The number of fused-ring (bicyclic) bond motifs is 10. The first-order valence-corrected chi connectivity index (χ1v) is 47.0. The number of anilines is 2. The van der Waals surface area contributed by atoms with Crippen molar-refractivity contribution >= 4 is 139 Å². The molecule has 127 heavy (non-hydrogen) atoms. The van der Waals surface area contributed by atoms with Gasteiger partial charge in [0.25, 0.3) is 0 Å². The summed E-state index contributed by atoms with van der Waals surface area (Å²) in [4.78, 5) is 166. The minimum atomic E-state index is -1.87. The highest BCUT2D eigenvalue weighted by Crippen LogP contribution is 2.52. The summed E-state index contributed by atoms with van der Waals surface area (Å²) >= 11 is 14.8. The number of carbonyl (C=O) groups excluding carboxylic acids is 12. The number of amides is 10. The lowest BCUT2D eigenvalue weighted by Crippen LogP contribution is -2.63. The van der Waals surface area contributed by atoms with Gasteiger partial charge in [-0.15, -0.1) is 11.8 Å². The minimum Gasteiger partial charge on any atom is -0.495 e. The van der Waals surface area contributed by atoms with E-state index < -0.39 is 142 Å². The van der Waals surface area contributed by atoms with E-state index in [0.29, 0.717) is 73.7 Å². The molecule has 10 amide bonds. The molecule has 2 aromatic rings. The predicted molar refractivity (Wildman–Crippen MR) is 481 cm³/mol. The second-order valence-electron chi connectivity index (χ2n) is 34.5. The molecule has 1 saturated carbocycles. The molecule has 5 saturated heterocycles. The number of benzene rings is 2. The third kappa shape index (κ3) is 25.3. The molecule has 6 fully saturated rings. The smallest absolute Gasteiger partial charge is 0.409 e. The van der Waals surface area contributed by atoms with Crippen molar-refractivity contribution in [2.75, 3.05) is 98.6 Å². The molecule has 38 heteroatoms. The fraction of sp³-hybridized carbons (Fsp3) is 0.640. The number of nitrogens with one attached hydrogen (secondary N) is 4. The van der Waals surface area contributed by atoms with Gasteiger partial charge in [-0.3, -0.25) is 53.9 Å². The maximum Gasteiger partial charge on any atom is 0.409 e. The molecule has 8 bridgehead atoms. The number of hydrogen-bond acceptors (Lipinski definition) is 27. The van der Waals surface area contributed by atoms with Gasteiger partial charge in [-0.05, 0) is 128 Å². The van der Waals surface area contributed by atoms with Crippen LogP contribution in [0.2, 0.25) is 10.0 Å². The predicted octanol–water partition coefficient (Wildman–Crippen LogP) is 9.52. The summed E-state index contributed by atoms with van der Waals surface area (Å²) in [6, 6.07) is 4.99. The topological polar surface area (TPSA) is 409 Å². The van der Waals surface area contributed by atoms with Crippen LogP contribution in [0.3, 0.4) is 0 Å². The number of ether oxygens (including phenoxy) is 10. The van der Waals surface area contributed by atoms with Crippen molar-refractivity contribution in [3.8, 4) is 11.5 Å². The van der Waals surface area contributed by atoms with Crippen molar-refractivity contribution in [3.63, 3.8) is 0 Å². The van der Waals surface area contributed by atoms with Gasteiger partial charge < -0.3 is 87.8 Å². The number of carbonyl (C=O) groups is 12. The van der Waals surface area contributed by atoms with Gasteiger partial charge in [0.1, 0.15) is 81.5 Å². The summed E-state index contributed by atoms with van der Waals surface area (Å²) in [6.07, 6.45) is 5.50. The van der Waals surface area contributed by atoms with Crippen LogP contribution >= 0.6 is 56.6 Å². The van der Waals surface area contributed by atoms with Gasteiger partial charge in [-0.1, -0.05) is 113 Å². The second-order valence-corrected chi connectivity index (χ2v) is 39.5. The van der Waals surface area contributed by atoms with E-state index in [-0.39, 0.29) is 107 Å². The van der Waals surface area contributed by atoms with Crippen molar-refractivity contribution in [2.45, 2.75) is 253 Å². The summed E-state index contributed by atoms with van der Waals surface area (Å²) in [5, 5.41) is 33.9. The fourth-order valence-corrected chi connectivity index (χ4v) is 21.0. The quantitative estimate of drug-likeness (QED) is 0.0134. The Balaban J connectivity index is 0.000000290. The lowest BCUT2D eigenvalue weighted by atomic mass is 9.81. The number of epoxide rings is 2. The van der Waals surface area contributed by atoms with E-state index >= 15 is 0 Å². The highest BCUT2D eigenvalue weighted by atomic mass is 35.5. The van der Waals surface area contributed by atoms with Crippen molar-refractivity contribution < 1.29 is 115 Å². The number of allylic oxidation sites excluding steroid dienone is 6. The summed E-state index contributed by atoms with van der Waals surface area (Å²) in [6.45, 7) is 16.2. The number of likely N-dealkylation sites (N-methyl/N-ethyl adjacent to an activating group) is 2. The Morgan fingerprint density at radius 1 is 0.630 bits per heavy atom. The number of esters is 2. The molecule has 0 radical (unpaired) electrons. The maximum atomic E-state index is 14.3. The van der Waals surface area contributed by atoms with Crippen LogP contribution in [0.15, 0.2) is 71.9 Å². The monoisotopic (exact) mass is 1870 g/mol. The maximum absolute atomic E-state index is 14.3. The van der Waals surface area contributed by atoms with E-state index in [1.165, 1.54) is 96.5 Å². The van der Waals surface area contributed by atoms with Crippen LogP contribution in [0.1, 0.15) is 157 Å². The summed E-state index contributed by atoms with van der Waals surface area (Å²) in [5.41, 5.74) is -2.11. The van der Waals surface area contributed by atoms with E-state index in [0.717, 1.165) is 35.1 Å². The van der Waals surface area contributed by atoms with Gasteiger partial charge in [-0.2, -0.15) is 0 Å². The van der Waals surface area contributed by atoms with Gasteiger partial charge in [0, 0.05) is 136 Å². The molecule has 18 atom stereocenters. The van der Waals surface area contributed by atoms with Crippen LogP contribution in [0.5, 0.6) is 11.5 Å². The third-order valence-electron chi connectivity index (χ3n) is 25.5. The molecule has 0 spiro atoms. The fourth-order valence-electron chi connectivity index (χ4n) is 16.9. The second kappa shape index (κ2) is 44.6. The number of hydrogen-bond donors (Lipinski definition) is 6. The summed E-state index contributed by atoms with van der Waals surface area (Å²) < 4.78 is 58.7. The molecule has 2 unspecified atom stereocenters. The van der Waals surface area contributed by atoms with E-state index in [4.69, 9.17) is 70.6 Å². The first-order chi connectivity index (χ1) is 59.9. The zero-order valence-corrected chi connectivity index (χ0v) is 79.8. The summed E-state index contributed by atoms with van der Waals surface area (Å²) in [5.74, 6) is -3.33. The average molecular weight is 1870 g/mol. The van der Waals surface area contributed by atoms with Gasteiger partial charge in [0.15, 0.2) is 11.4 Å². The Morgan fingerprint density at radius 3 is 1.49 bits per heavy atom. The zero-order valence-electron chi connectivity index (χ0n) is 75.8. The molecule has 7 aliphatic heterocycles. The van der Waals surface area contributed by atoms with Crippen LogP contribution < -0.4 is 40.5 Å². The van der Waals surface area contributed by atoms with Gasteiger partial charge in [0.05, 0.1) is 55.9 Å². The van der Waals surface area contributed by atoms with Crippen molar-refractivity contribution in [1.82, 2.24) is 36.0 Å². The Kier molecular flexibility index (Phi) is 36.0. The molecule has 8 aliphatic rings. The van der Waals surface area contributed by atoms with Crippen LogP contribution in [0.25, 0.3) is 0 Å². The highest BCUT2D eigenvalue weighted by molar-refractivity contribution is 8.76. The molecule has 7 heterocycles. The number of nitrogens with zero attached hydrogens (tertiary/aromatic N) is 5. The number of likely N-dealkylation sites (tertiary alicyclic amines) is 1. The first kappa shape index (κ1) is 103. The van der Waals surface area contributed by atoms with E-state index in [2.05, 4.69) is 21.3 Å². The van der Waals surface area contributed by atoms with E-state index in [9.17, 15) is 67.7 Å². The Morgan fingerprint density at radius 2 is 1.07 bits per heavy atom. The van der Waals surface area contributed by atoms with Gasteiger partial charge in [0.2, 0.25) is 47.3 Å². The Labute approximate surface area is 765 Å². The molecule has 2 aromatic carbocycles. The standard InChI is InChI=1S/C48H66ClN5O13S.C41H59ClN4O11S2/c1-26-11-10-12-36(64-9)48(62)24-34(65-46(61)51-48)27(2)42-47(4,67-42)37(23-39(56)53(7)32-20-30(19-26)21-33(63-8)41(32)49)66-45(60)28(3)52(6)38(55)17-18-68-35-22-40(57)54(44(35)59)25-29-13-15-31(16-14-29)43(58)50-5;1-23-12-11-13-31(54-10)41(52)22-30(55-39(51)44-41)25(3)37-40(5,57-37)32(21-35(49)46(8)28-19-27(18-23)20-29(53-9)36(28)42)56-38(50)26(4)45(7)34(48)16-17-58-59-24(2)14-15-33(47)43-6/h10-12,20-21,27-29,31,34-37,42,62H,13-19,22-25H2,1-9H3,(H,50,58)(H,51,61);11-13,19-20,24-26,30-32,37,52H,14-18,21-22H2,1-10H3,(H,43,47)(H,44,51)/b12-10+,26-11+;13-11+,23-12+/t27-,28-,29?,31?,34+,35?,36-,37+,42+,47+,48+;24?,25-,26-,30+,31-,32+,37+,40+,41+/m11/s1. The van der Waals surface area contributed by atoms with Crippen LogP contribution in [-0.2, 0) is 98.7 Å². The molecule has 1 aliphatic carbocycles. The molecular weight excluding hydrogens is 1750 g/mol. The molecule has 702 valence electrons. The molecular formula is C89H125Cl2N9O24S3. The molecule has 33 nitrogen and oxygen atoms in total. The number of methoxy groups -OCH3 is 4. The van der Waals surface area contributed by atoms with Gasteiger partial charge in [-0.25, -0.2) is 19.2 Å². The minimum absolute atomic E-state index is 0.0137. The van der Waals surface area contributed by atoms with Crippen LogP contribution in [0, 0.1) is 23.7 Å². The Hall–Kier alpha value is -8.17. The number of alkyl carbamates (subject to hydrolysis) is 2. The number of rotatable bonds is 25. The number of thioether (sulfide) groups is 1. The average Bonchev–Trinajstić information content (AvgIpc) is 1.57. The van der Waals surface area contributed by atoms with Crippen molar-refractivity contribution in [1.29, 1.82) is 0 Å². The summed E-state index contributed by atoms with van der Waals surface area (Å²) in [7, 11) is 18.3. The van der Waals surface area contributed by atoms with Crippen molar-refractivity contribution in [3.05, 3.63) is 93.0 Å². The van der Waals surface area contributed by atoms with Crippen molar-refractivity contribution in [2.24, 2.45) is 23.7 Å². The molecule has 0 aromatic heterocycles. The van der Waals surface area contributed by atoms with E-state index in [1.54, 1.807) is 122 Å². The van der Waals surface area contributed by atoms with Gasteiger partial charge >= 0.3 is 24.1 Å². The SMILES string of the molecule is CNC(=O)C1CCC(CN2C(=O)CC(SCCC(=O)N(C)[C@H](C)C(=O)O[C@H]3CC(=O)N(C)c4cc(cc(OC)c4Cl)C/C(C)=C/C=C/[C@@H](OC)[C@@]4(O)C[C@H](OC(=O)N4)[C@@H](C)[C@@H]4O[C@@]34C)C2=O)CC1.CNC(=O)CCC(C)SSCCC(=O)N(C)[C@H](C)C(=O)O[C@H]1CC(=O)N(C)c2cc(cc(OC)c2Cl)C/C(C)=C/C=C/[C@@H](OC)[C@@]2(O)C[C@H](OC(=O)N2)[C@@H](C)[C@@H]2O[C@@]12C. The normalized spacial score (nSPS) is 31.3. The largest absolute Gasteiger partial charge is 0.495 e. The lowest BCUT2D eigenvalue weighted by Gasteiger charge is -2.42. The van der Waals surface area contributed by atoms with E-state index in [1.807, 2.05) is 32.9 Å². The third-order valence-corrected chi connectivity index (χ3v) is 30.4. The van der Waals surface area contributed by atoms with Crippen LogP contribution in [0.4, 0.5) is 21.0 Å². The molecule has 6 N–H and O–H groups in total. The molecule has 10 rings (SSSR count). The Bertz CT molecular complexity index is 4520. The zero-order chi connectivity index (χ0) is 93.6. The number of aliphatic hydroxyl groups is 2. The van der Waals surface area contributed by atoms with Crippen LogP contribution in [-0.4, -0.2) is 279 Å². The number of halogens is 2. The number of imide groups is 1. The lowest BCUT2D eigenvalue weighted by molar-refractivity contribution is -0.162. The highest BCUT2D eigenvalue weighted by Gasteiger charge is 2.66.